The van der Waals surface area contributed by atoms with Crippen LogP contribution in [0.1, 0.15) is 143 Å². The zero-order valence-corrected chi connectivity index (χ0v) is 21.4. The smallest absolute Gasteiger partial charge is 0.0970 e. The van der Waals surface area contributed by atoms with Crippen molar-refractivity contribution in [2.75, 3.05) is 12.3 Å². The highest BCUT2D eigenvalue weighted by molar-refractivity contribution is 7.85. The third kappa shape index (κ3) is 18.6. The number of hydrogen-bond acceptors (Lipinski definition) is 3. The first-order chi connectivity index (χ1) is 14.4. The van der Waals surface area contributed by atoms with Crippen molar-refractivity contribution in [2.45, 2.75) is 148 Å². The molecule has 0 saturated heterocycles. The van der Waals surface area contributed by atoms with Crippen molar-refractivity contribution in [2.24, 2.45) is 0 Å². The molecule has 5 heteroatoms. The molecule has 30 heavy (non-hydrogen) atoms. The van der Waals surface area contributed by atoms with Gasteiger partial charge in [0.25, 0.3) is 0 Å². The first kappa shape index (κ1) is 29.9. The third-order valence-corrected chi connectivity index (χ3v) is 7.25. The molecule has 0 aromatic rings. The van der Waals surface area contributed by atoms with Crippen LogP contribution in [0.25, 0.3) is 0 Å². The van der Waals surface area contributed by atoms with Crippen LogP contribution >= 0.6 is 0 Å². The van der Waals surface area contributed by atoms with Gasteiger partial charge in [-0.25, -0.2) is 8.42 Å². The van der Waals surface area contributed by atoms with Crippen molar-refractivity contribution in [3.63, 3.8) is 0 Å². The Bertz CT molecular complexity index is 445. The van der Waals surface area contributed by atoms with Gasteiger partial charge in [-0.2, -0.15) is 0 Å². The minimum absolute atomic E-state index is 0.0589. The van der Waals surface area contributed by atoms with Gasteiger partial charge in [0.15, 0.2) is 0 Å². The van der Waals surface area contributed by atoms with E-state index >= 15 is 0 Å². The summed E-state index contributed by atoms with van der Waals surface area (Å²) in [5.74, 6) is -0.211. The molecule has 182 valence electrons. The molecule has 0 aromatic carbocycles. The summed E-state index contributed by atoms with van der Waals surface area (Å²) >= 11 is 0. The van der Waals surface area contributed by atoms with Crippen LogP contribution in [0.2, 0.25) is 0 Å². The average Bonchev–Trinajstić information content (AvgIpc) is 2.70. The second kappa shape index (κ2) is 19.5. The second-order valence-corrected chi connectivity index (χ2v) is 11.0. The number of nitrogens with two attached hydrogens (primary N) is 1. The van der Waals surface area contributed by atoms with Gasteiger partial charge in [-0.05, 0) is 19.8 Å². The molecule has 0 aromatic heterocycles. The van der Waals surface area contributed by atoms with Crippen LogP contribution in [-0.4, -0.2) is 30.8 Å². The van der Waals surface area contributed by atoms with E-state index in [1.54, 1.807) is 0 Å². The van der Waals surface area contributed by atoms with Gasteiger partial charge >= 0.3 is 0 Å². The van der Waals surface area contributed by atoms with Gasteiger partial charge in [0, 0.05) is 25.0 Å². The molecular weight excluding hydrogens is 394 g/mol. The van der Waals surface area contributed by atoms with E-state index in [9.17, 15) is 13.0 Å². The molecule has 0 bridgehead atoms. The highest BCUT2D eigenvalue weighted by atomic mass is 32.2. The third-order valence-electron chi connectivity index (χ3n) is 6.54. The molecule has 0 saturated carbocycles. The molecule has 0 fully saturated rings. The fourth-order valence-corrected chi connectivity index (χ4v) is 5.32. The Morgan fingerprint density at radius 3 is 1.30 bits per heavy atom. The van der Waals surface area contributed by atoms with Crippen LogP contribution in [0.4, 0.5) is 0 Å². The van der Waals surface area contributed by atoms with E-state index in [2.05, 4.69) is 26.1 Å². The van der Waals surface area contributed by atoms with E-state index < -0.39 is 10.1 Å². The zero-order valence-electron chi connectivity index (χ0n) is 20.6. The first-order valence-corrected chi connectivity index (χ1v) is 14.7. The molecule has 0 heterocycles. The van der Waals surface area contributed by atoms with Crippen molar-refractivity contribution >= 4 is 10.1 Å². The summed E-state index contributed by atoms with van der Waals surface area (Å²) in [7, 11) is -4.14. The van der Waals surface area contributed by atoms with Gasteiger partial charge in [-0.3, -0.25) is 0 Å². The van der Waals surface area contributed by atoms with Gasteiger partial charge in [0.2, 0.25) is 0 Å². The second-order valence-electron chi connectivity index (χ2n) is 9.44. The Kier molecular flexibility index (Phi) is 19.5. The van der Waals surface area contributed by atoms with Crippen LogP contribution in [-0.2, 0) is 10.1 Å². The maximum Gasteiger partial charge on any atom is 0.0970 e. The van der Waals surface area contributed by atoms with Gasteiger partial charge in [0.1, 0.15) is 0 Å². The summed E-state index contributed by atoms with van der Waals surface area (Å²) in [4.78, 5) is 0. The van der Waals surface area contributed by atoms with Gasteiger partial charge in [-0.15, -0.1) is 0 Å². The monoisotopic (exact) mass is 447 g/mol. The number of rotatable bonds is 23. The van der Waals surface area contributed by atoms with Crippen LogP contribution < -0.4 is 5.32 Å². The quantitative estimate of drug-likeness (QED) is 0.147. The lowest BCUT2D eigenvalue weighted by Gasteiger charge is -2.32. The largest absolute Gasteiger partial charge is 0.748 e. The molecule has 0 spiro atoms. The van der Waals surface area contributed by atoms with E-state index in [1.165, 1.54) is 89.9 Å². The summed E-state index contributed by atoms with van der Waals surface area (Å²) in [6.45, 7) is 7.59. The Hall–Kier alpha value is -0.130. The number of unbranched alkanes of at least 4 members (excludes halogenated alkanes) is 14. The highest BCUT2D eigenvalue weighted by Crippen LogP contribution is 2.24. The van der Waals surface area contributed by atoms with Crippen LogP contribution in [0.5, 0.6) is 0 Å². The standard InChI is InChI=1S/C25H53NO3S/c1-4-7-9-11-13-15-17-19-21-25(26-6-3,23-24-30(27,28)29)22-20-18-16-14-12-10-8-5-2/h26H,4-24H2,1-3H3,(H,27,28,29). The maximum atomic E-state index is 11.3. The highest BCUT2D eigenvalue weighted by Gasteiger charge is 2.32. The van der Waals surface area contributed by atoms with Gasteiger partial charge in [0.05, 0.1) is 22.2 Å². The fraction of sp³-hybridized carbons (Fsp3) is 1.00. The summed E-state index contributed by atoms with van der Waals surface area (Å²) in [6, 6.07) is 0. The normalized spacial score (nSPS) is 12.5. The van der Waals surface area contributed by atoms with Crippen molar-refractivity contribution in [1.82, 2.24) is 0 Å². The number of hydrogen-bond donors (Lipinski definition) is 1. The first-order valence-electron chi connectivity index (χ1n) is 13.2. The minimum atomic E-state index is -4.14. The molecule has 2 N–H and O–H groups in total. The lowest BCUT2D eigenvalue weighted by molar-refractivity contribution is -0.727. The van der Waals surface area contributed by atoms with Crippen LogP contribution in [0.15, 0.2) is 0 Å². The molecule has 0 atom stereocenters. The summed E-state index contributed by atoms with van der Waals surface area (Å²) in [5, 5.41) is 2.33. The summed E-state index contributed by atoms with van der Waals surface area (Å²) in [5.41, 5.74) is -0.0589. The Morgan fingerprint density at radius 1 is 0.600 bits per heavy atom. The van der Waals surface area contributed by atoms with E-state index in [-0.39, 0.29) is 11.3 Å². The Labute approximate surface area is 189 Å². The van der Waals surface area contributed by atoms with Crippen molar-refractivity contribution in [3.8, 4) is 0 Å². The van der Waals surface area contributed by atoms with Gasteiger partial charge < -0.3 is 9.87 Å². The molecule has 4 nitrogen and oxygen atoms in total. The molecule has 0 amide bonds. The lowest BCUT2D eigenvalue weighted by atomic mass is 9.83. The van der Waals surface area contributed by atoms with E-state index in [4.69, 9.17) is 0 Å². The van der Waals surface area contributed by atoms with E-state index in [0.717, 1.165) is 32.2 Å². The van der Waals surface area contributed by atoms with E-state index in [1.807, 2.05) is 0 Å². The molecule has 0 radical (unpaired) electrons. The summed E-state index contributed by atoms with van der Waals surface area (Å²) < 4.78 is 33.9. The van der Waals surface area contributed by atoms with Crippen molar-refractivity contribution in [3.05, 3.63) is 0 Å². The molecule has 0 aliphatic carbocycles. The van der Waals surface area contributed by atoms with Crippen molar-refractivity contribution < 1.29 is 18.3 Å². The predicted molar refractivity (Wildman–Crippen MR) is 129 cm³/mol. The molecular formula is C25H53NO3S. The van der Waals surface area contributed by atoms with Gasteiger partial charge in [-0.1, -0.05) is 104 Å². The Balaban J connectivity index is 4.43. The molecule has 0 unspecified atom stereocenters. The van der Waals surface area contributed by atoms with Crippen molar-refractivity contribution in [1.29, 1.82) is 0 Å². The molecule has 0 rings (SSSR count). The Morgan fingerprint density at radius 2 is 0.967 bits per heavy atom. The topological polar surface area (TPSA) is 73.8 Å². The molecule has 0 aliphatic heterocycles. The zero-order chi connectivity index (χ0) is 22.6. The maximum absolute atomic E-state index is 11.3. The fourth-order valence-electron chi connectivity index (χ4n) is 4.66. The summed E-state index contributed by atoms with van der Waals surface area (Å²) in [6.07, 6.45) is 23.2. The SMILES string of the molecule is CCCCCCCCCCC(CCCCCCCCCC)(CCS(=O)(=O)[O-])[NH2+]CC. The predicted octanol–water partition coefficient (Wildman–Crippen LogP) is 6.31. The minimum Gasteiger partial charge on any atom is -0.748 e. The van der Waals surface area contributed by atoms with Crippen LogP contribution in [0, 0.1) is 0 Å². The number of quaternary nitrogens is 1. The lowest BCUT2D eigenvalue weighted by Crippen LogP contribution is -2.96. The van der Waals surface area contributed by atoms with E-state index in [0.29, 0.717) is 6.42 Å². The molecule has 0 aliphatic rings. The average molecular weight is 448 g/mol. The van der Waals surface area contributed by atoms with Crippen LogP contribution in [0.3, 0.4) is 0 Å².